The van der Waals surface area contributed by atoms with Gasteiger partial charge in [-0.05, 0) is 45.8 Å². The molecule has 1 aromatic rings. The molecule has 22 heavy (non-hydrogen) atoms. The summed E-state index contributed by atoms with van der Waals surface area (Å²) in [5.74, 6) is 5.54. The lowest BCUT2D eigenvalue weighted by Crippen LogP contribution is -2.41. The molecule has 1 aliphatic rings. The van der Waals surface area contributed by atoms with Crippen molar-refractivity contribution < 1.29 is 13.7 Å². The van der Waals surface area contributed by atoms with Crippen molar-refractivity contribution in [2.45, 2.75) is 38.9 Å². The third-order valence-corrected chi connectivity index (χ3v) is 3.92. The second-order valence-corrected chi connectivity index (χ2v) is 6.06. The molecule has 2 rings (SSSR count). The van der Waals surface area contributed by atoms with Gasteiger partial charge in [0.05, 0.1) is 17.7 Å². The normalized spacial score (nSPS) is 19.7. The Morgan fingerprint density at radius 1 is 1.36 bits per heavy atom. The molecule has 1 aromatic heterocycles. The van der Waals surface area contributed by atoms with Gasteiger partial charge in [-0.3, -0.25) is 0 Å². The zero-order valence-electron chi connectivity index (χ0n) is 13.3. The quantitative estimate of drug-likeness (QED) is 0.673. The summed E-state index contributed by atoms with van der Waals surface area (Å²) in [6, 6.07) is 3.45. The fourth-order valence-corrected chi connectivity index (χ4v) is 1.95. The second-order valence-electron chi connectivity index (χ2n) is 6.06. The monoisotopic (exact) mass is 302 g/mol. The van der Waals surface area contributed by atoms with Gasteiger partial charge in [-0.2, -0.15) is 0 Å². The van der Waals surface area contributed by atoms with Crippen LogP contribution in [0.2, 0.25) is 0 Å². The average molecular weight is 302 g/mol. The van der Waals surface area contributed by atoms with E-state index in [1.165, 1.54) is 6.08 Å². The predicted octanol–water partition coefficient (Wildman–Crippen LogP) is 2.33. The molecule has 0 unspecified atom stereocenters. The van der Waals surface area contributed by atoms with Gasteiger partial charge in [-0.1, -0.05) is 12.0 Å². The van der Waals surface area contributed by atoms with Crippen LogP contribution in [-0.2, 0) is 9.31 Å². The molecular formula is C16H20BFN2O2. The molecule has 4 nitrogen and oxygen atoms in total. The average Bonchev–Trinajstić information content (AvgIpc) is 2.66. The van der Waals surface area contributed by atoms with E-state index in [9.17, 15) is 4.39 Å². The first-order valence-corrected chi connectivity index (χ1v) is 7.13. The lowest BCUT2D eigenvalue weighted by molar-refractivity contribution is 0.00578. The van der Waals surface area contributed by atoms with Crippen molar-refractivity contribution in [1.82, 2.24) is 4.98 Å². The largest absolute Gasteiger partial charge is 0.525 e. The highest BCUT2D eigenvalue weighted by Gasteiger charge is 2.53. The van der Waals surface area contributed by atoms with E-state index >= 15 is 0 Å². The van der Waals surface area contributed by atoms with Crippen LogP contribution in [0.4, 0.5) is 4.39 Å². The lowest BCUT2D eigenvalue weighted by Gasteiger charge is -2.32. The van der Waals surface area contributed by atoms with Gasteiger partial charge in [0.25, 0.3) is 0 Å². The van der Waals surface area contributed by atoms with E-state index in [-0.39, 0.29) is 6.54 Å². The van der Waals surface area contributed by atoms with Crippen LogP contribution in [0.25, 0.3) is 6.08 Å². The molecule has 0 bridgehead atoms. The number of nitrogens with two attached hydrogens (primary N) is 1. The topological polar surface area (TPSA) is 57.4 Å². The van der Waals surface area contributed by atoms with Gasteiger partial charge in [0.15, 0.2) is 0 Å². The molecule has 1 fully saturated rings. The fraction of sp³-hybridized carbons (Fsp3) is 0.438. The first-order valence-electron chi connectivity index (χ1n) is 7.13. The fourth-order valence-electron chi connectivity index (χ4n) is 1.95. The molecule has 1 aliphatic heterocycles. The highest BCUT2D eigenvalue weighted by Crippen LogP contribution is 2.39. The van der Waals surface area contributed by atoms with Crippen molar-refractivity contribution in [2.24, 2.45) is 5.73 Å². The van der Waals surface area contributed by atoms with Crippen molar-refractivity contribution in [1.29, 1.82) is 0 Å². The molecule has 0 spiro atoms. The van der Waals surface area contributed by atoms with Crippen molar-refractivity contribution in [3.8, 4) is 11.8 Å². The van der Waals surface area contributed by atoms with Crippen LogP contribution in [0.5, 0.6) is 0 Å². The summed E-state index contributed by atoms with van der Waals surface area (Å²) in [5, 5.41) is 0. The molecular weight excluding hydrogens is 282 g/mol. The third-order valence-electron chi connectivity index (χ3n) is 3.92. The van der Waals surface area contributed by atoms with Crippen LogP contribution < -0.4 is 5.73 Å². The van der Waals surface area contributed by atoms with Crippen LogP contribution in [-0.4, -0.2) is 29.8 Å². The van der Waals surface area contributed by atoms with Gasteiger partial charge in [0, 0.05) is 11.8 Å². The van der Waals surface area contributed by atoms with Crippen molar-refractivity contribution in [2.75, 3.05) is 6.54 Å². The van der Waals surface area contributed by atoms with Gasteiger partial charge in [-0.25, -0.2) is 9.37 Å². The van der Waals surface area contributed by atoms with E-state index in [2.05, 4.69) is 16.8 Å². The van der Waals surface area contributed by atoms with Gasteiger partial charge in [0.1, 0.15) is 11.4 Å². The second kappa shape index (κ2) is 6.21. The summed E-state index contributed by atoms with van der Waals surface area (Å²) in [5.41, 5.74) is 4.71. The summed E-state index contributed by atoms with van der Waals surface area (Å²) < 4.78 is 25.8. The van der Waals surface area contributed by atoms with Gasteiger partial charge >= 0.3 is 7.12 Å². The van der Waals surface area contributed by atoms with Crippen molar-refractivity contribution >= 4 is 13.2 Å². The number of nitrogens with zero attached hydrogens (tertiary/aromatic N) is 1. The van der Waals surface area contributed by atoms with Gasteiger partial charge < -0.3 is 15.0 Å². The Kier molecular flexibility index (Phi) is 4.71. The molecule has 0 saturated carbocycles. The number of pyridine rings is 1. The minimum atomic E-state index is -1.03. The summed E-state index contributed by atoms with van der Waals surface area (Å²) in [4.78, 5) is 4.13. The Hall–Kier alpha value is -1.68. The zero-order chi connectivity index (χ0) is 16.4. The maximum atomic E-state index is 14.5. The maximum Gasteiger partial charge on any atom is 0.525 e. The van der Waals surface area contributed by atoms with Crippen molar-refractivity contribution in [3.63, 3.8) is 0 Å². The van der Waals surface area contributed by atoms with E-state index < -0.39 is 24.0 Å². The van der Waals surface area contributed by atoms with E-state index in [0.717, 1.165) is 0 Å². The Morgan fingerprint density at radius 2 is 2.00 bits per heavy atom. The third kappa shape index (κ3) is 3.38. The van der Waals surface area contributed by atoms with E-state index in [0.29, 0.717) is 11.3 Å². The molecule has 0 radical (unpaired) electrons. The summed E-state index contributed by atoms with van der Waals surface area (Å²) in [7, 11) is -1.03. The molecule has 2 N–H and O–H groups in total. The minimum Gasteiger partial charge on any atom is -0.398 e. The minimum absolute atomic E-state index is 0.222. The molecule has 0 aliphatic carbocycles. The number of halogens is 1. The lowest BCUT2D eigenvalue weighted by atomic mass is 9.86. The Bertz CT molecular complexity index is 631. The maximum absolute atomic E-state index is 14.5. The summed E-state index contributed by atoms with van der Waals surface area (Å²) >= 11 is 0. The first-order chi connectivity index (χ1) is 10.3. The molecule has 0 aromatic carbocycles. The molecule has 0 atom stereocenters. The number of rotatable bonds is 2. The van der Waals surface area contributed by atoms with Crippen LogP contribution >= 0.6 is 0 Å². The predicted molar refractivity (Wildman–Crippen MR) is 85.3 cm³/mol. The highest BCUT2D eigenvalue weighted by molar-refractivity contribution is 6.54. The van der Waals surface area contributed by atoms with Gasteiger partial charge in [-0.15, -0.1) is 0 Å². The Balaban J connectivity index is 2.28. The molecule has 0 amide bonds. The first kappa shape index (κ1) is 16.7. The zero-order valence-corrected chi connectivity index (χ0v) is 13.3. The molecule has 6 heteroatoms. The number of aromatic nitrogens is 1. The summed E-state index contributed by atoms with van der Waals surface area (Å²) in [6.07, 6.45) is 2.94. The number of hydrogen-bond donors (Lipinski definition) is 1. The van der Waals surface area contributed by atoms with Crippen LogP contribution in [0, 0.1) is 11.8 Å². The summed E-state index contributed by atoms with van der Waals surface area (Å²) in [6.45, 7) is 7.73. The highest BCUT2D eigenvalue weighted by atomic mass is 19.1. The SMILES string of the molecule is CC1(C)OB(C(F)=Cc2cccnc2C#CCN)OC1(C)C. The van der Waals surface area contributed by atoms with Crippen LogP contribution in [0.15, 0.2) is 24.1 Å². The van der Waals surface area contributed by atoms with E-state index in [1.807, 2.05) is 27.7 Å². The van der Waals surface area contributed by atoms with Crippen molar-refractivity contribution in [3.05, 3.63) is 35.3 Å². The van der Waals surface area contributed by atoms with E-state index in [1.54, 1.807) is 18.3 Å². The number of hydrogen-bond acceptors (Lipinski definition) is 4. The Morgan fingerprint density at radius 3 is 2.59 bits per heavy atom. The Labute approximate surface area is 131 Å². The molecule has 1 saturated heterocycles. The standard InChI is InChI=1S/C16H20BFN2O2/c1-15(2)16(3,4)22-17(21-15)14(18)11-12-7-6-10-20-13(12)8-5-9-19/h6-7,10-11H,9,19H2,1-4H3. The smallest absolute Gasteiger partial charge is 0.398 e. The van der Waals surface area contributed by atoms with Crippen LogP contribution in [0.3, 0.4) is 0 Å². The van der Waals surface area contributed by atoms with Crippen LogP contribution in [0.1, 0.15) is 39.0 Å². The van der Waals surface area contributed by atoms with Gasteiger partial charge in [0.2, 0.25) is 0 Å². The molecule has 116 valence electrons. The van der Waals surface area contributed by atoms with E-state index in [4.69, 9.17) is 15.0 Å². The molecule has 2 heterocycles.